The van der Waals surface area contributed by atoms with Gasteiger partial charge in [0.05, 0.1) is 73.6 Å². The highest BCUT2D eigenvalue weighted by atomic mass is 35.5. The summed E-state index contributed by atoms with van der Waals surface area (Å²) in [7, 11) is 2.50. The number of carbonyl (C=O) groups excluding carboxylic acids is 2. The predicted octanol–water partition coefficient (Wildman–Crippen LogP) is 3.23. The average molecular weight is 804 g/mol. The molecule has 0 unspecified atom stereocenters. The van der Waals surface area contributed by atoms with Crippen LogP contribution in [-0.2, 0) is 9.47 Å². The number of nitrogens with two attached hydrogens (primary N) is 4. The molecular weight excluding hydrogens is 774 g/mol. The lowest BCUT2D eigenvalue weighted by Gasteiger charge is -2.04. The van der Waals surface area contributed by atoms with Crippen molar-refractivity contribution in [2.75, 3.05) is 42.5 Å². The molecule has 0 spiro atoms. The lowest BCUT2D eigenvalue weighted by atomic mass is 10.3. The van der Waals surface area contributed by atoms with Gasteiger partial charge in [-0.2, -0.15) is 5.26 Å². The van der Waals surface area contributed by atoms with E-state index in [9.17, 15) is 9.59 Å². The monoisotopic (exact) mass is 803 g/mol. The van der Waals surface area contributed by atoms with Crippen molar-refractivity contribution in [3.8, 4) is 52.1 Å². The molecule has 7 aromatic rings. The first kappa shape index (κ1) is 42.1. The van der Waals surface area contributed by atoms with Crippen molar-refractivity contribution >= 4 is 51.6 Å². The number of hydrogen-bond acceptors (Lipinski definition) is 22. The maximum Gasteiger partial charge on any atom is 0.411 e. The van der Waals surface area contributed by atoms with Crippen LogP contribution in [0.2, 0.25) is 0 Å². The van der Waals surface area contributed by atoms with Crippen LogP contribution in [0.1, 0.15) is 5.69 Å². The van der Waals surface area contributed by atoms with Crippen molar-refractivity contribution in [2.24, 2.45) is 0 Å². The van der Waals surface area contributed by atoms with Gasteiger partial charge in [-0.15, -0.1) is 40.8 Å². The Bertz CT molecular complexity index is 2340. The molecule has 0 aliphatic heterocycles. The van der Waals surface area contributed by atoms with Gasteiger partial charge >= 0.3 is 11.5 Å². The van der Waals surface area contributed by atoms with Gasteiger partial charge in [0.25, 0.3) is 0 Å². The number of anilines is 5. The molecule has 0 aromatic carbocycles. The topological polar surface area (TPSA) is 360 Å². The zero-order valence-electron chi connectivity index (χ0n) is 30.2. The number of halogens is 1. The molecule has 0 atom stereocenters. The first-order chi connectivity index (χ1) is 28.0. The number of amides is 1. The highest BCUT2D eigenvalue weighted by Gasteiger charge is 2.10. The SMILES string of the molecule is COC(=O)Cl.COC(=O)Nc1ccc(-c2nnc(-c3ccc(N)cn3)nn2)nc1.N#Cc1ccc(N)cn1.Nc1ccc(-c2nnc(-c3ccc(N)cn3)nn2)nc1. The van der Waals surface area contributed by atoms with Crippen molar-refractivity contribution in [2.45, 2.75) is 0 Å². The van der Waals surface area contributed by atoms with E-state index in [0.717, 1.165) is 0 Å². The van der Waals surface area contributed by atoms with E-state index in [-0.39, 0.29) is 11.6 Å². The Kier molecular flexibility index (Phi) is 15.5. The molecule has 0 aliphatic rings. The van der Waals surface area contributed by atoms with Gasteiger partial charge in [0.2, 0.25) is 23.3 Å². The van der Waals surface area contributed by atoms with Gasteiger partial charge in [-0.25, -0.2) is 14.6 Å². The van der Waals surface area contributed by atoms with Crippen molar-refractivity contribution in [1.82, 2.24) is 65.7 Å². The van der Waals surface area contributed by atoms with Crippen LogP contribution in [0.5, 0.6) is 0 Å². The van der Waals surface area contributed by atoms with Crippen LogP contribution in [0, 0.1) is 11.3 Å². The average Bonchev–Trinajstić information content (AvgIpc) is 3.26. The third-order valence-electron chi connectivity index (χ3n) is 6.49. The van der Waals surface area contributed by atoms with Gasteiger partial charge in [0.1, 0.15) is 34.5 Å². The third-order valence-corrected chi connectivity index (χ3v) is 6.64. The molecule has 9 N–H and O–H groups in total. The smallest absolute Gasteiger partial charge is 0.411 e. The second kappa shape index (κ2) is 21.3. The third kappa shape index (κ3) is 13.3. The minimum absolute atomic E-state index is 0.249. The van der Waals surface area contributed by atoms with Gasteiger partial charge in [-0.05, 0) is 60.7 Å². The number of hydrogen-bond donors (Lipinski definition) is 5. The molecule has 7 aromatic heterocycles. The van der Waals surface area contributed by atoms with E-state index in [1.165, 1.54) is 45.2 Å². The number of nitrogen functional groups attached to an aromatic ring is 4. The molecule has 1 amide bonds. The van der Waals surface area contributed by atoms with E-state index >= 15 is 0 Å². The van der Waals surface area contributed by atoms with Crippen LogP contribution in [0.4, 0.5) is 38.0 Å². The van der Waals surface area contributed by atoms with E-state index in [0.29, 0.717) is 68.6 Å². The summed E-state index contributed by atoms with van der Waals surface area (Å²) in [6.07, 6.45) is 6.87. The molecule has 0 saturated carbocycles. The van der Waals surface area contributed by atoms with Gasteiger partial charge < -0.3 is 32.4 Å². The van der Waals surface area contributed by atoms with E-state index < -0.39 is 11.5 Å². The Hall–Kier alpha value is -8.65. The summed E-state index contributed by atoms with van der Waals surface area (Å²) in [6, 6.07) is 18.6. The van der Waals surface area contributed by atoms with Gasteiger partial charge in [0, 0.05) is 11.6 Å². The molecule has 0 fully saturated rings. The first-order valence-electron chi connectivity index (χ1n) is 15.9. The Morgan fingerprint density at radius 2 is 0.862 bits per heavy atom. The minimum Gasteiger partial charge on any atom is -0.457 e. The number of ether oxygens (including phenoxy) is 2. The highest BCUT2D eigenvalue weighted by molar-refractivity contribution is 6.61. The normalized spacial score (nSPS) is 9.69. The number of carbonyl (C=O) groups is 2. The molecule has 23 nitrogen and oxygen atoms in total. The maximum absolute atomic E-state index is 11.1. The standard InChI is InChI=1S/C14H12N8O2.C12H10N8.C6H5N3.C2H3ClO2/c1-24-14(23)18-9-3-5-11(17-7-9)13-21-19-12(20-22-13)10-4-2-8(15)6-16-10;13-7-1-3-9(15-5-7)11-17-19-12(20-18-11)10-4-2-8(14)6-16-10;7-3-6-2-1-5(8)4-9-6;1-5-2(3)4/h2-7H,15H2,1H3,(H,18,23);1-6H,13-14H2;1-2,4H,8H2;1H3. The fraction of sp³-hybridized carbons (Fsp3) is 0.0588. The zero-order valence-corrected chi connectivity index (χ0v) is 31.0. The van der Waals surface area contributed by atoms with E-state index in [1.807, 2.05) is 6.07 Å². The van der Waals surface area contributed by atoms with Gasteiger partial charge in [0.15, 0.2) is 0 Å². The molecule has 58 heavy (non-hydrogen) atoms. The van der Waals surface area contributed by atoms with Gasteiger partial charge in [-0.1, -0.05) is 0 Å². The summed E-state index contributed by atoms with van der Waals surface area (Å²) in [5.74, 6) is 1.18. The first-order valence-corrected chi connectivity index (χ1v) is 16.3. The fourth-order valence-electron chi connectivity index (χ4n) is 3.72. The quantitative estimate of drug-likeness (QED) is 0.156. The second-order valence-corrected chi connectivity index (χ2v) is 10.9. The largest absolute Gasteiger partial charge is 0.457 e. The molecule has 0 radical (unpaired) electrons. The Morgan fingerprint density at radius 3 is 1.10 bits per heavy atom. The molecule has 7 heterocycles. The van der Waals surface area contributed by atoms with Crippen molar-refractivity contribution < 1.29 is 19.1 Å². The minimum atomic E-state index is -0.773. The van der Waals surface area contributed by atoms with Crippen molar-refractivity contribution in [1.29, 1.82) is 5.26 Å². The molecule has 292 valence electrons. The maximum atomic E-state index is 11.1. The lowest BCUT2D eigenvalue weighted by molar-refractivity contribution is 0.187. The van der Waals surface area contributed by atoms with Crippen LogP contribution >= 0.6 is 11.6 Å². The zero-order chi connectivity index (χ0) is 41.9. The van der Waals surface area contributed by atoms with Crippen LogP contribution in [0.15, 0.2) is 91.6 Å². The number of methoxy groups -OCH3 is 2. The Morgan fingerprint density at radius 1 is 0.534 bits per heavy atom. The van der Waals surface area contributed by atoms with Gasteiger partial charge in [-0.3, -0.25) is 25.3 Å². The summed E-state index contributed by atoms with van der Waals surface area (Å²) >= 11 is 4.60. The molecule has 0 aliphatic carbocycles. The van der Waals surface area contributed by atoms with E-state index in [4.69, 9.17) is 28.2 Å². The number of nitrogens with one attached hydrogen (secondary N) is 1. The Labute approximate surface area is 333 Å². The second-order valence-electron chi connectivity index (χ2n) is 10.6. The highest BCUT2D eigenvalue weighted by Crippen LogP contribution is 2.17. The fourth-order valence-corrected chi connectivity index (χ4v) is 3.72. The van der Waals surface area contributed by atoms with Crippen LogP contribution < -0.4 is 28.3 Å². The Balaban J connectivity index is 0.000000196. The number of rotatable bonds is 5. The molecular formula is C34H30ClN19O4. The van der Waals surface area contributed by atoms with Crippen molar-refractivity contribution in [3.63, 3.8) is 0 Å². The number of nitriles is 1. The summed E-state index contributed by atoms with van der Waals surface area (Å²) in [4.78, 5) is 40.6. The summed E-state index contributed by atoms with van der Waals surface area (Å²) < 4.78 is 8.37. The number of pyridine rings is 5. The summed E-state index contributed by atoms with van der Waals surface area (Å²) in [5, 5.41) is 42.6. The number of aromatic nitrogens is 13. The molecule has 0 bridgehead atoms. The van der Waals surface area contributed by atoms with Crippen LogP contribution in [0.25, 0.3) is 46.1 Å². The molecule has 7 rings (SSSR count). The predicted molar refractivity (Wildman–Crippen MR) is 209 cm³/mol. The van der Waals surface area contributed by atoms with Crippen LogP contribution in [-0.4, -0.2) is 91.5 Å². The lowest BCUT2D eigenvalue weighted by Crippen LogP contribution is -2.11. The van der Waals surface area contributed by atoms with E-state index in [2.05, 4.69) is 92.1 Å². The van der Waals surface area contributed by atoms with Crippen molar-refractivity contribution in [3.05, 3.63) is 97.3 Å². The van der Waals surface area contributed by atoms with E-state index in [1.54, 1.807) is 60.7 Å². The molecule has 24 heteroatoms. The number of nitrogens with zero attached hydrogens (tertiary/aromatic N) is 14. The molecule has 0 saturated heterocycles. The summed E-state index contributed by atoms with van der Waals surface area (Å²) in [5.41, 5.74) is 26.5. The summed E-state index contributed by atoms with van der Waals surface area (Å²) in [6.45, 7) is 0. The van der Waals surface area contributed by atoms with Crippen LogP contribution in [0.3, 0.4) is 0 Å².